The van der Waals surface area contributed by atoms with Crippen molar-refractivity contribution in [2.75, 3.05) is 13.1 Å². The van der Waals surface area contributed by atoms with Crippen LogP contribution < -0.4 is 0 Å². The summed E-state index contributed by atoms with van der Waals surface area (Å²) in [5, 5.41) is 10.7. The standard InChI is InChI=1S/C23H24F2N4O3/c1-15-27-18-3-2-12-26-20(18)29(15)17-6-4-16(5-7-17)19(30)13-28-14-22(32-21(28)31)8-10-23(24,25)11-9-22/h2-7,12,19,30H,8-11,13-14H2,1H3. The quantitative estimate of drug-likeness (QED) is 0.656. The van der Waals surface area contributed by atoms with Crippen molar-refractivity contribution in [3.8, 4) is 5.69 Å². The zero-order chi connectivity index (χ0) is 22.5. The summed E-state index contributed by atoms with van der Waals surface area (Å²) in [5.74, 6) is -1.89. The number of carbonyl (C=O) groups is 1. The Balaban J connectivity index is 1.29. The summed E-state index contributed by atoms with van der Waals surface area (Å²) in [7, 11) is 0. The van der Waals surface area contributed by atoms with Crippen LogP contribution in [0.4, 0.5) is 13.6 Å². The van der Waals surface area contributed by atoms with E-state index in [2.05, 4.69) is 9.97 Å². The largest absolute Gasteiger partial charge is 0.441 e. The Hall–Kier alpha value is -3.07. The Bertz CT molecular complexity index is 1150. The van der Waals surface area contributed by atoms with Crippen LogP contribution in [0.25, 0.3) is 16.9 Å². The number of aryl methyl sites for hydroxylation is 1. The molecule has 1 unspecified atom stereocenters. The van der Waals surface area contributed by atoms with Gasteiger partial charge in [0.2, 0.25) is 5.92 Å². The number of hydrogen-bond donors (Lipinski definition) is 1. The molecule has 1 spiro atoms. The number of fused-ring (bicyclic) bond motifs is 1. The van der Waals surface area contributed by atoms with Crippen LogP contribution in [0.3, 0.4) is 0 Å². The molecule has 1 amide bonds. The monoisotopic (exact) mass is 442 g/mol. The van der Waals surface area contributed by atoms with Crippen molar-refractivity contribution in [3.63, 3.8) is 0 Å². The van der Waals surface area contributed by atoms with E-state index in [1.165, 1.54) is 4.90 Å². The van der Waals surface area contributed by atoms with Gasteiger partial charge in [-0.05, 0) is 49.6 Å². The summed E-state index contributed by atoms with van der Waals surface area (Å²) in [5.41, 5.74) is 2.20. The summed E-state index contributed by atoms with van der Waals surface area (Å²) in [6, 6.07) is 11.1. The second-order valence-corrected chi connectivity index (χ2v) is 8.74. The average molecular weight is 442 g/mol. The summed E-state index contributed by atoms with van der Waals surface area (Å²) >= 11 is 0. The van der Waals surface area contributed by atoms with Crippen molar-refractivity contribution in [1.82, 2.24) is 19.4 Å². The Morgan fingerprint density at radius 1 is 1.16 bits per heavy atom. The molecule has 1 atom stereocenters. The van der Waals surface area contributed by atoms with E-state index in [9.17, 15) is 18.7 Å². The van der Waals surface area contributed by atoms with E-state index in [0.717, 1.165) is 22.7 Å². The molecule has 7 nitrogen and oxygen atoms in total. The van der Waals surface area contributed by atoms with E-state index < -0.39 is 23.7 Å². The third-order valence-corrected chi connectivity index (χ3v) is 6.45. The molecule has 1 aliphatic carbocycles. The van der Waals surface area contributed by atoms with Gasteiger partial charge < -0.3 is 14.7 Å². The molecule has 1 aliphatic heterocycles. The zero-order valence-corrected chi connectivity index (χ0v) is 17.7. The highest BCUT2D eigenvalue weighted by Crippen LogP contribution is 2.43. The molecule has 2 aliphatic rings. The van der Waals surface area contributed by atoms with Crippen molar-refractivity contribution in [1.29, 1.82) is 0 Å². The number of carbonyl (C=O) groups excluding carboxylic acids is 1. The van der Waals surface area contributed by atoms with Crippen LogP contribution in [0.1, 0.15) is 43.2 Å². The maximum absolute atomic E-state index is 13.5. The van der Waals surface area contributed by atoms with Crippen molar-refractivity contribution >= 4 is 17.3 Å². The van der Waals surface area contributed by atoms with Crippen molar-refractivity contribution in [2.45, 2.75) is 50.2 Å². The molecule has 3 heterocycles. The number of hydrogen-bond acceptors (Lipinski definition) is 5. The normalized spacial score (nSPS) is 20.6. The molecule has 2 fully saturated rings. The minimum atomic E-state index is -2.69. The maximum atomic E-state index is 13.5. The minimum absolute atomic E-state index is 0.0465. The van der Waals surface area contributed by atoms with Gasteiger partial charge in [0.15, 0.2) is 5.65 Å². The van der Waals surface area contributed by atoms with Gasteiger partial charge in [-0.25, -0.2) is 23.5 Å². The number of rotatable bonds is 4. The van der Waals surface area contributed by atoms with Gasteiger partial charge >= 0.3 is 6.09 Å². The van der Waals surface area contributed by atoms with Gasteiger partial charge in [-0.2, -0.15) is 0 Å². The highest BCUT2D eigenvalue weighted by molar-refractivity contribution is 5.73. The number of nitrogens with zero attached hydrogens (tertiary/aromatic N) is 4. The second-order valence-electron chi connectivity index (χ2n) is 8.74. The zero-order valence-electron chi connectivity index (χ0n) is 17.7. The molecule has 168 valence electrons. The number of β-amino-alcohol motifs (C(OH)–C–C–N with tert-alkyl or cyclic N) is 1. The summed E-state index contributed by atoms with van der Waals surface area (Å²) in [6.07, 6.45) is -0.0515. The molecule has 0 radical (unpaired) electrons. The van der Waals surface area contributed by atoms with Gasteiger partial charge in [-0.1, -0.05) is 12.1 Å². The Kier molecular flexibility index (Phi) is 4.88. The van der Waals surface area contributed by atoms with Crippen molar-refractivity contribution in [2.24, 2.45) is 0 Å². The minimum Gasteiger partial charge on any atom is -0.441 e. The average Bonchev–Trinajstić information content (AvgIpc) is 3.26. The van der Waals surface area contributed by atoms with E-state index in [0.29, 0.717) is 5.56 Å². The van der Waals surface area contributed by atoms with E-state index in [4.69, 9.17) is 4.74 Å². The number of ether oxygens (including phenoxy) is 1. The first-order valence-corrected chi connectivity index (χ1v) is 10.7. The predicted octanol–water partition coefficient (Wildman–Crippen LogP) is 4.16. The Morgan fingerprint density at radius 3 is 2.59 bits per heavy atom. The number of aromatic nitrogens is 3. The Labute approximate surface area is 183 Å². The third kappa shape index (κ3) is 3.70. The number of pyridine rings is 1. The fraction of sp³-hybridized carbons (Fsp3) is 0.435. The van der Waals surface area contributed by atoms with E-state index in [1.807, 2.05) is 35.8 Å². The topological polar surface area (TPSA) is 80.5 Å². The molecule has 0 bridgehead atoms. The molecular weight excluding hydrogens is 418 g/mol. The lowest BCUT2D eigenvalue weighted by atomic mass is 9.82. The smallest absolute Gasteiger partial charge is 0.410 e. The first kappa shape index (κ1) is 20.8. The van der Waals surface area contributed by atoms with Crippen LogP contribution in [0.2, 0.25) is 0 Å². The van der Waals surface area contributed by atoms with Gasteiger partial charge in [-0.3, -0.25) is 4.57 Å². The van der Waals surface area contributed by atoms with Crippen LogP contribution in [-0.2, 0) is 4.74 Å². The van der Waals surface area contributed by atoms with Crippen LogP contribution in [-0.4, -0.2) is 55.2 Å². The molecule has 32 heavy (non-hydrogen) atoms. The number of aliphatic hydroxyl groups is 1. The molecule has 3 aromatic rings. The second kappa shape index (κ2) is 7.51. The van der Waals surface area contributed by atoms with Crippen LogP contribution >= 0.6 is 0 Å². The number of halogens is 2. The molecule has 1 saturated heterocycles. The molecule has 1 N–H and O–H groups in total. The molecule has 1 aromatic carbocycles. The van der Waals surface area contributed by atoms with E-state index >= 15 is 0 Å². The summed E-state index contributed by atoms with van der Waals surface area (Å²) < 4.78 is 34.4. The summed E-state index contributed by atoms with van der Waals surface area (Å²) in [4.78, 5) is 22.7. The first-order valence-electron chi connectivity index (χ1n) is 10.7. The fourth-order valence-electron chi connectivity index (χ4n) is 4.66. The first-order chi connectivity index (χ1) is 15.3. The van der Waals surface area contributed by atoms with Crippen molar-refractivity contribution < 1.29 is 23.4 Å². The number of amides is 1. The number of benzene rings is 1. The van der Waals surface area contributed by atoms with Crippen LogP contribution in [0, 0.1) is 6.92 Å². The van der Waals surface area contributed by atoms with Gasteiger partial charge in [0.1, 0.15) is 16.9 Å². The highest BCUT2D eigenvalue weighted by atomic mass is 19.3. The lowest BCUT2D eigenvalue weighted by molar-refractivity contribution is -0.0911. The number of imidazole rings is 1. The highest BCUT2D eigenvalue weighted by Gasteiger charge is 2.51. The molecular formula is C23H24F2N4O3. The molecule has 9 heteroatoms. The lowest BCUT2D eigenvalue weighted by Crippen LogP contribution is -2.42. The Morgan fingerprint density at radius 2 is 1.88 bits per heavy atom. The fourth-order valence-corrected chi connectivity index (χ4v) is 4.66. The third-order valence-electron chi connectivity index (χ3n) is 6.45. The van der Waals surface area contributed by atoms with Crippen LogP contribution in [0.15, 0.2) is 42.6 Å². The van der Waals surface area contributed by atoms with Gasteiger partial charge in [-0.15, -0.1) is 0 Å². The van der Waals surface area contributed by atoms with Gasteiger partial charge in [0, 0.05) is 24.7 Å². The van der Waals surface area contributed by atoms with E-state index in [-0.39, 0.29) is 38.8 Å². The number of alkyl halides is 2. The molecule has 1 saturated carbocycles. The molecule has 2 aromatic heterocycles. The van der Waals surface area contributed by atoms with Gasteiger partial charge in [0.25, 0.3) is 0 Å². The van der Waals surface area contributed by atoms with Crippen LogP contribution in [0.5, 0.6) is 0 Å². The van der Waals surface area contributed by atoms with Gasteiger partial charge in [0.05, 0.1) is 19.2 Å². The maximum Gasteiger partial charge on any atom is 0.410 e. The number of aliphatic hydroxyl groups excluding tert-OH is 1. The summed E-state index contributed by atoms with van der Waals surface area (Å²) in [6.45, 7) is 2.17. The SMILES string of the molecule is Cc1nc2cccnc2n1-c1ccc(C(O)CN2CC3(CCC(F)(F)CC3)OC2=O)cc1. The van der Waals surface area contributed by atoms with E-state index in [1.54, 1.807) is 18.3 Å². The lowest BCUT2D eigenvalue weighted by Gasteiger charge is -2.34. The predicted molar refractivity (Wildman–Crippen MR) is 113 cm³/mol. The van der Waals surface area contributed by atoms with Crippen molar-refractivity contribution in [3.05, 3.63) is 54.0 Å². The molecule has 5 rings (SSSR count).